The molecule has 1 unspecified atom stereocenters. The Hall–Kier alpha value is -1.36. The first-order valence-electron chi connectivity index (χ1n) is 4.58. The minimum atomic E-state index is -0.0905. The van der Waals surface area contributed by atoms with Crippen LogP contribution >= 0.6 is 0 Å². The molecular formula is C9H13N3O2. The lowest BCUT2D eigenvalue weighted by atomic mass is 10.3. The van der Waals surface area contributed by atoms with Crippen molar-refractivity contribution in [3.8, 4) is 0 Å². The molecule has 0 radical (unpaired) electrons. The van der Waals surface area contributed by atoms with Gasteiger partial charge in [-0.15, -0.1) is 0 Å². The first kappa shape index (κ1) is 9.21. The zero-order valence-corrected chi connectivity index (χ0v) is 8.28. The Bertz CT molecular complexity index is 372. The lowest BCUT2D eigenvalue weighted by molar-refractivity contribution is -0.117. The summed E-state index contributed by atoms with van der Waals surface area (Å²) < 4.78 is 5.10. The largest absolute Gasteiger partial charge is 0.338 e. The van der Waals surface area contributed by atoms with Crippen LogP contribution in [0.3, 0.4) is 0 Å². The second-order valence-electron chi connectivity index (χ2n) is 3.67. The number of aromatic nitrogens is 1. The van der Waals surface area contributed by atoms with Crippen LogP contribution in [-0.4, -0.2) is 23.7 Å². The Morgan fingerprint density at radius 3 is 2.71 bits per heavy atom. The Morgan fingerprint density at radius 1 is 1.57 bits per heavy atom. The number of amides is 1. The molecule has 1 saturated heterocycles. The van der Waals surface area contributed by atoms with E-state index in [4.69, 9.17) is 10.3 Å². The maximum absolute atomic E-state index is 11.5. The number of nitrogens with two attached hydrogens (primary N) is 1. The van der Waals surface area contributed by atoms with Crippen molar-refractivity contribution in [1.82, 2.24) is 5.16 Å². The van der Waals surface area contributed by atoms with Gasteiger partial charge in [0.05, 0.1) is 5.69 Å². The van der Waals surface area contributed by atoms with Gasteiger partial charge >= 0.3 is 0 Å². The highest BCUT2D eigenvalue weighted by molar-refractivity contribution is 5.95. The van der Waals surface area contributed by atoms with Gasteiger partial charge in [-0.3, -0.25) is 9.69 Å². The topological polar surface area (TPSA) is 72.4 Å². The molecule has 0 spiro atoms. The lowest BCUT2D eigenvalue weighted by Gasteiger charge is -2.11. The minimum absolute atomic E-state index is 0.0109. The Balaban J connectivity index is 2.32. The van der Waals surface area contributed by atoms with Gasteiger partial charge in [0.1, 0.15) is 0 Å². The van der Waals surface area contributed by atoms with Gasteiger partial charge in [-0.2, -0.15) is 0 Å². The lowest BCUT2D eigenvalue weighted by Crippen LogP contribution is -2.28. The summed E-state index contributed by atoms with van der Waals surface area (Å²) in [6.45, 7) is 4.26. The monoisotopic (exact) mass is 195 g/mol. The molecule has 2 rings (SSSR count). The van der Waals surface area contributed by atoms with Gasteiger partial charge in [-0.25, -0.2) is 0 Å². The van der Waals surface area contributed by atoms with E-state index in [1.165, 1.54) is 0 Å². The third kappa shape index (κ3) is 1.29. The van der Waals surface area contributed by atoms with Crippen LogP contribution in [0.2, 0.25) is 0 Å². The fourth-order valence-electron chi connectivity index (χ4n) is 1.59. The molecule has 0 saturated carbocycles. The number of anilines is 1. The van der Waals surface area contributed by atoms with Gasteiger partial charge in [0.15, 0.2) is 0 Å². The van der Waals surface area contributed by atoms with Crippen LogP contribution in [0.4, 0.5) is 5.88 Å². The van der Waals surface area contributed by atoms with Crippen molar-refractivity contribution in [3.05, 3.63) is 11.3 Å². The molecule has 1 aliphatic heterocycles. The van der Waals surface area contributed by atoms with E-state index in [-0.39, 0.29) is 11.9 Å². The van der Waals surface area contributed by atoms with Crippen LogP contribution < -0.4 is 10.6 Å². The fourth-order valence-corrected chi connectivity index (χ4v) is 1.59. The number of hydrogen-bond donors (Lipinski definition) is 1. The summed E-state index contributed by atoms with van der Waals surface area (Å²) >= 11 is 0. The summed E-state index contributed by atoms with van der Waals surface area (Å²) in [7, 11) is 0. The number of hydrogen-bond acceptors (Lipinski definition) is 4. The van der Waals surface area contributed by atoms with Crippen molar-refractivity contribution in [2.75, 3.05) is 11.4 Å². The fraction of sp³-hybridized carbons (Fsp3) is 0.556. The second-order valence-corrected chi connectivity index (χ2v) is 3.67. The zero-order chi connectivity index (χ0) is 10.3. The van der Waals surface area contributed by atoms with E-state index in [0.717, 1.165) is 11.3 Å². The number of carbonyl (C=O) groups excluding carboxylic acids is 1. The molecule has 0 aliphatic carbocycles. The molecule has 5 nitrogen and oxygen atoms in total. The van der Waals surface area contributed by atoms with E-state index >= 15 is 0 Å². The van der Waals surface area contributed by atoms with Crippen molar-refractivity contribution in [1.29, 1.82) is 0 Å². The van der Waals surface area contributed by atoms with Crippen LogP contribution in [0.15, 0.2) is 4.52 Å². The van der Waals surface area contributed by atoms with Crippen molar-refractivity contribution in [2.45, 2.75) is 26.3 Å². The molecule has 1 amide bonds. The quantitative estimate of drug-likeness (QED) is 0.702. The first-order chi connectivity index (χ1) is 6.59. The molecule has 1 atom stereocenters. The summed E-state index contributed by atoms with van der Waals surface area (Å²) in [5, 5.41) is 3.81. The predicted octanol–water partition coefficient (Wildman–Crippen LogP) is 0.355. The molecule has 1 aromatic heterocycles. The Labute approximate surface area is 81.8 Å². The number of nitrogens with zero attached hydrogens (tertiary/aromatic N) is 2. The molecule has 1 aromatic rings. The van der Waals surface area contributed by atoms with E-state index in [1.807, 2.05) is 13.8 Å². The zero-order valence-electron chi connectivity index (χ0n) is 8.28. The second kappa shape index (κ2) is 3.09. The Kier molecular flexibility index (Phi) is 2.03. The molecule has 0 aromatic carbocycles. The number of aryl methyl sites for hydroxylation is 1. The normalized spacial score (nSPS) is 22.1. The van der Waals surface area contributed by atoms with E-state index in [2.05, 4.69) is 5.16 Å². The highest BCUT2D eigenvalue weighted by atomic mass is 16.5. The molecule has 0 bridgehead atoms. The first-order valence-corrected chi connectivity index (χ1v) is 4.58. The van der Waals surface area contributed by atoms with E-state index < -0.39 is 0 Å². The summed E-state index contributed by atoms with van der Waals surface area (Å²) in [4.78, 5) is 13.1. The Morgan fingerprint density at radius 2 is 2.29 bits per heavy atom. The smallest absolute Gasteiger partial charge is 0.237 e. The summed E-state index contributed by atoms with van der Waals surface area (Å²) in [6.07, 6.45) is 0.388. The molecule has 2 N–H and O–H groups in total. The molecule has 76 valence electrons. The van der Waals surface area contributed by atoms with Crippen LogP contribution in [0.25, 0.3) is 0 Å². The van der Waals surface area contributed by atoms with E-state index in [0.29, 0.717) is 18.8 Å². The number of carbonyl (C=O) groups is 1. The summed E-state index contributed by atoms with van der Waals surface area (Å²) in [5.41, 5.74) is 7.41. The van der Waals surface area contributed by atoms with Crippen LogP contribution in [-0.2, 0) is 4.79 Å². The third-order valence-corrected chi connectivity index (χ3v) is 2.53. The van der Waals surface area contributed by atoms with Gasteiger partial charge in [0, 0.05) is 24.6 Å². The van der Waals surface area contributed by atoms with Crippen molar-refractivity contribution < 1.29 is 9.32 Å². The molecule has 14 heavy (non-hydrogen) atoms. The summed E-state index contributed by atoms with van der Waals surface area (Å²) in [6, 6.07) is -0.0905. The van der Waals surface area contributed by atoms with Crippen molar-refractivity contribution in [2.24, 2.45) is 5.73 Å². The maximum atomic E-state index is 11.5. The molecular weight excluding hydrogens is 182 g/mol. The minimum Gasteiger partial charge on any atom is -0.338 e. The predicted molar refractivity (Wildman–Crippen MR) is 50.9 cm³/mol. The third-order valence-electron chi connectivity index (χ3n) is 2.53. The maximum Gasteiger partial charge on any atom is 0.237 e. The van der Waals surface area contributed by atoms with Crippen LogP contribution in [0, 0.1) is 13.8 Å². The average molecular weight is 195 g/mol. The van der Waals surface area contributed by atoms with Gasteiger partial charge < -0.3 is 10.3 Å². The molecule has 1 aliphatic rings. The van der Waals surface area contributed by atoms with Crippen LogP contribution in [0.1, 0.15) is 17.7 Å². The van der Waals surface area contributed by atoms with Gasteiger partial charge in [-0.1, -0.05) is 5.16 Å². The van der Waals surface area contributed by atoms with Crippen LogP contribution in [0.5, 0.6) is 0 Å². The van der Waals surface area contributed by atoms with E-state index in [1.54, 1.807) is 4.90 Å². The highest BCUT2D eigenvalue weighted by Crippen LogP contribution is 2.26. The molecule has 5 heteroatoms. The van der Waals surface area contributed by atoms with Crippen molar-refractivity contribution >= 4 is 11.8 Å². The number of rotatable bonds is 1. The van der Waals surface area contributed by atoms with Crippen molar-refractivity contribution in [3.63, 3.8) is 0 Å². The van der Waals surface area contributed by atoms with E-state index in [9.17, 15) is 4.79 Å². The SMILES string of the molecule is Cc1noc(N2CC(N)CC2=O)c1C. The molecule has 1 fully saturated rings. The standard InChI is InChI=1S/C9H13N3O2/c1-5-6(2)11-14-9(5)12-4-7(10)3-8(12)13/h7H,3-4,10H2,1-2H3. The molecule has 2 heterocycles. The van der Waals surface area contributed by atoms with Gasteiger partial charge in [0.25, 0.3) is 0 Å². The average Bonchev–Trinajstić information content (AvgIpc) is 2.59. The van der Waals surface area contributed by atoms with Gasteiger partial charge in [-0.05, 0) is 13.8 Å². The highest BCUT2D eigenvalue weighted by Gasteiger charge is 2.31. The van der Waals surface area contributed by atoms with Gasteiger partial charge in [0.2, 0.25) is 11.8 Å². The summed E-state index contributed by atoms with van der Waals surface area (Å²) in [5.74, 6) is 0.553.